The predicted molar refractivity (Wildman–Crippen MR) is 79.7 cm³/mol. The summed E-state index contributed by atoms with van der Waals surface area (Å²) in [5, 5.41) is 7.57. The average Bonchev–Trinajstić information content (AvgIpc) is 3.04. The maximum atomic E-state index is 12.5. The second-order valence-electron chi connectivity index (χ2n) is 6.73. The van der Waals surface area contributed by atoms with Gasteiger partial charge >= 0.3 is 12.1 Å². The molecule has 1 aromatic heterocycles. The summed E-state index contributed by atoms with van der Waals surface area (Å²) in [4.78, 5) is 26.5. The number of carbonyl (C=O) groups is 2. The van der Waals surface area contributed by atoms with Crippen LogP contribution in [0.1, 0.15) is 45.0 Å². The molecule has 1 aromatic rings. The Morgan fingerprint density at radius 3 is 2.57 bits per heavy atom. The van der Waals surface area contributed by atoms with Gasteiger partial charge in [-0.05, 0) is 40.5 Å². The van der Waals surface area contributed by atoms with Gasteiger partial charge in [-0.3, -0.25) is 4.90 Å². The van der Waals surface area contributed by atoms with Gasteiger partial charge in [0, 0.05) is 13.0 Å². The van der Waals surface area contributed by atoms with Gasteiger partial charge in [-0.1, -0.05) is 10.3 Å². The fourth-order valence-electron chi connectivity index (χ4n) is 2.81. The van der Waals surface area contributed by atoms with Crippen LogP contribution in [0.3, 0.4) is 0 Å². The zero-order valence-corrected chi connectivity index (χ0v) is 14.2. The number of ether oxygens (including phenoxy) is 2. The van der Waals surface area contributed by atoms with Crippen molar-refractivity contribution in [3.63, 3.8) is 0 Å². The normalized spacial score (nSPS) is 21.3. The van der Waals surface area contributed by atoms with Crippen molar-refractivity contribution in [1.82, 2.24) is 15.2 Å². The van der Waals surface area contributed by atoms with E-state index in [-0.39, 0.29) is 6.42 Å². The van der Waals surface area contributed by atoms with Crippen molar-refractivity contribution in [1.29, 1.82) is 0 Å². The van der Waals surface area contributed by atoms with Crippen LogP contribution in [0.5, 0.6) is 0 Å². The van der Waals surface area contributed by atoms with E-state index in [1.807, 2.05) is 0 Å². The topological polar surface area (TPSA) is 94.8 Å². The van der Waals surface area contributed by atoms with Crippen LogP contribution in [-0.4, -0.2) is 52.1 Å². The molecule has 1 aliphatic heterocycles. The van der Waals surface area contributed by atoms with E-state index in [0.717, 1.165) is 0 Å². The highest BCUT2D eigenvalue weighted by molar-refractivity contribution is 5.87. The number of nitrogens with zero attached hydrogens (tertiary/aromatic N) is 3. The van der Waals surface area contributed by atoms with Crippen molar-refractivity contribution in [2.75, 3.05) is 13.7 Å². The Morgan fingerprint density at radius 2 is 2.04 bits per heavy atom. The van der Waals surface area contributed by atoms with Crippen LogP contribution in [0, 0.1) is 6.92 Å². The SMILES string of the molecule is COC(=O)C1(Cc2nonc2C)CCCN1C(=O)OC(C)(C)C. The molecule has 1 atom stereocenters. The molecule has 0 spiro atoms. The molecule has 128 valence electrons. The summed E-state index contributed by atoms with van der Waals surface area (Å²) in [7, 11) is 1.31. The minimum atomic E-state index is -1.14. The van der Waals surface area contributed by atoms with Crippen molar-refractivity contribution in [2.24, 2.45) is 0 Å². The van der Waals surface area contributed by atoms with Gasteiger partial charge in [-0.25, -0.2) is 14.2 Å². The van der Waals surface area contributed by atoms with Gasteiger partial charge in [0.15, 0.2) is 0 Å². The number of aromatic nitrogens is 2. The minimum Gasteiger partial charge on any atom is -0.467 e. The highest BCUT2D eigenvalue weighted by Crippen LogP contribution is 2.35. The third-order valence-electron chi connectivity index (χ3n) is 3.87. The molecule has 0 saturated carbocycles. The van der Waals surface area contributed by atoms with Crippen LogP contribution in [0.4, 0.5) is 4.79 Å². The van der Waals surface area contributed by atoms with Crippen molar-refractivity contribution in [2.45, 2.75) is 58.1 Å². The summed E-state index contributed by atoms with van der Waals surface area (Å²) in [6.45, 7) is 7.52. The molecule has 2 heterocycles. The van der Waals surface area contributed by atoms with Crippen LogP contribution in [0.15, 0.2) is 4.63 Å². The third-order valence-corrected chi connectivity index (χ3v) is 3.87. The van der Waals surface area contributed by atoms with E-state index >= 15 is 0 Å². The van der Waals surface area contributed by atoms with Crippen LogP contribution < -0.4 is 0 Å². The Hall–Kier alpha value is -2.12. The Morgan fingerprint density at radius 1 is 1.35 bits per heavy atom. The second kappa shape index (κ2) is 6.17. The number of aryl methyl sites for hydroxylation is 1. The number of hydrogen-bond donors (Lipinski definition) is 0. The van der Waals surface area contributed by atoms with Crippen molar-refractivity contribution < 1.29 is 23.7 Å². The second-order valence-corrected chi connectivity index (χ2v) is 6.73. The number of methoxy groups -OCH3 is 1. The molecule has 23 heavy (non-hydrogen) atoms. The molecule has 0 bridgehead atoms. The van der Waals surface area contributed by atoms with E-state index in [2.05, 4.69) is 10.3 Å². The molecule has 0 radical (unpaired) electrons. The quantitative estimate of drug-likeness (QED) is 0.783. The number of likely N-dealkylation sites (tertiary alicyclic amines) is 1. The molecule has 1 unspecified atom stereocenters. The molecule has 1 fully saturated rings. The van der Waals surface area contributed by atoms with Crippen LogP contribution >= 0.6 is 0 Å². The highest BCUT2D eigenvalue weighted by atomic mass is 16.6. The Balaban J connectivity index is 2.34. The lowest BCUT2D eigenvalue weighted by Gasteiger charge is -2.36. The van der Waals surface area contributed by atoms with Gasteiger partial charge in [-0.15, -0.1) is 0 Å². The maximum absolute atomic E-state index is 12.5. The van der Waals surface area contributed by atoms with Gasteiger partial charge in [0.05, 0.1) is 7.11 Å². The smallest absolute Gasteiger partial charge is 0.411 e. The minimum absolute atomic E-state index is 0.189. The summed E-state index contributed by atoms with van der Waals surface area (Å²) in [6.07, 6.45) is 0.813. The van der Waals surface area contributed by atoms with Gasteiger partial charge in [0.25, 0.3) is 0 Å². The summed E-state index contributed by atoms with van der Waals surface area (Å²) < 4.78 is 15.1. The number of esters is 1. The number of hydrogen-bond acceptors (Lipinski definition) is 7. The first-order valence-corrected chi connectivity index (χ1v) is 7.57. The molecule has 2 rings (SSSR count). The lowest BCUT2D eigenvalue weighted by molar-refractivity contribution is -0.153. The Labute approximate surface area is 135 Å². The van der Waals surface area contributed by atoms with Gasteiger partial charge in [0.2, 0.25) is 0 Å². The first-order chi connectivity index (χ1) is 10.7. The Bertz CT molecular complexity index is 592. The van der Waals surface area contributed by atoms with E-state index in [0.29, 0.717) is 30.8 Å². The monoisotopic (exact) mass is 325 g/mol. The van der Waals surface area contributed by atoms with Crippen molar-refractivity contribution in [3.05, 3.63) is 11.4 Å². The van der Waals surface area contributed by atoms with Crippen molar-refractivity contribution in [3.8, 4) is 0 Å². The van der Waals surface area contributed by atoms with E-state index in [1.165, 1.54) is 12.0 Å². The molecular formula is C15H23N3O5. The van der Waals surface area contributed by atoms with Gasteiger partial charge in [0.1, 0.15) is 22.5 Å². The standard InChI is InChI=1S/C15H23N3O5/c1-10-11(17-23-16-10)9-15(12(19)21-5)7-6-8-18(15)13(20)22-14(2,3)4/h6-9H2,1-5H3. The molecule has 1 saturated heterocycles. The molecular weight excluding hydrogens is 302 g/mol. The zero-order valence-electron chi connectivity index (χ0n) is 14.2. The van der Waals surface area contributed by atoms with Crippen LogP contribution in [0.2, 0.25) is 0 Å². The molecule has 8 heteroatoms. The lowest BCUT2D eigenvalue weighted by Crippen LogP contribution is -2.56. The predicted octanol–water partition coefficient (Wildman–Crippen LogP) is 1.86. The van der Waals surface area contributed by atoms with Crippen LogP contribution in [-0.2, 0) is 20.7 Å². The molecule has 1 amide bonds. The lowest BCUT2D eigenvalue weighted by atomic mass is 9.90. The van der Waals surface area contributed by atoms with E-state index < -0.39 is 23.2 Å². The van der Waals surface area contributed by atoms with Gasteiger partial charge < -0.3 is 9.47 Å². The summed E-state index contributed by atoms with van der Waals surface area (Å²) in [6, 6.07) is 0. The average molecular weight is 325 g/mol. The first kappa shape index (κ1) is 17.2. The van der Waals surface area contributed by atoms with Gasteiger partial charge in [-0.2, -0.15) is 0 Å². The number of rotatable bonds is 3. The number of carbonyl (C=O) groups excluding carboxylic acids is 2. The maximum Gasteiger partial charge on any atom is 0.411 e. The largest absolute Gasteiger partial charge is 0.467 e. The molecule has 0 N–H and O–H groups in total. The Kier molecular flexibility index (Phi) is 4.63. The number of amides is 1. The molecule has 0 aliphatic carbocycles. The van der Waals surface area contributed by atoms with E-state index in [1.54, 1.807) is 27.7 Å². The third kappa shape index (κ3) is 3.46. The van der Waals surface area contributed by atoms with Crippen molar-refractivity contribution >= 4 is 12.1 Å². The fourth-order valence-corrected chi connectivity index (χ4v) is 2.81. The zero-order chi connectivity index (χ0) is 17.3. The van der Waals surface area contributed by atoms with Crippen LogP contribution in [0.25, 0.3) is 0 Å². The van der Waals surface area contributed by atoms with E-state index in [9.17, 15) is 9.59 Å². The molecule has 8 nitrogen and oxygen atoms in total. The first-order valence-electron chi connectivity index (χ1n) is 7.57. The molecule has 0 aromatic carbocycles. The summed E-state index contributed by atoms with van der Waals surface area (Å²) >= 11 is 0. The fraction of sp³-hybridized carbons (Fsp3) is 0.733. The summed E-state index contributed by atoms with van der Waals surface area (Å²) in [5.41, 5.74) is -0.664. The van der Waals surface area contributed by atoms with E-state index in [4.69, 9.17) is 14.1 Å². The summed E-state index contributed by atoms with van der Waals surface area (Å²) in [5.74, 6) is -0.483. The highest BCUT2D eigenvalue weighted by Gasteiger charge is 2.52. The molecule has 1 aliphatic rings.